The van der Waals surface area contributed by atoms with Gasteiger partial charge in [0.05, 0.1) is 17.0 Å². The van der Waals surface area contributed by atoms with Crippen molar-refractivity contribution in [1.29, 1.82) is 0 Å². The van der Waals surface area contributed by atoms with Crippen molar-refractivity contribution < 1.29 is 27.9 Å². The van der Waals surface area contributed by atoms with Crippen LogP contribution in [-0.2, 0) is 24.2 Å². The molecule has 1 aromatic rings. The summed E-state index contributed by atoms with van der Waals surface area (Å²) in [5.41, 5.74) is -0.175. The largest absolute Gasteiger partial charge is 0.477 e. The van der Waals surface area contributed by atoms with E-state index in [1.807, 2.05) is 0 Å². The second-order valence-electron chi connectivity index (χ2n) is 5.36. The van der Waals surface area contributed by atoms with Crippen molar-refractivity contribution in [3.8, 4) is 0 Å². The van der Waals surface area contributed by atoms with Gasteiger partial charge in [0.1, 0.15) is 12.0 Å². The fraction of sp³-hybridized carbons (Fsp3) is 0.125. The zero-order valence-electron chi connectivity index (χ0n) is 12.7. The fourth-order valence-electron chi connectivity index (χ4n) is 2.79. The van der Waals surface area contributed by atoms with Crippen molar-refractivity contribution in [2.75, 3.05) is 5.75 Å². The van der Waals surface area contributed by atoms with Gasteiger partial charge in [0.2, 0.25) is 0 Å². The molecule has 3 heterocycles. The summed E-state index contributed by atoms with van der Waals surface area (Å²) in [4.78, 5) is 39.1. The van der Waals surface area contributed by atoms with Gasteiger partial charge in [-0.15, -0.1) is 0 Å². The van der Waals surface area contributed by atoms with E-state index in [1.54, 1.807) is 18.2 Å². The second-order valence-corrected chi connectivity index (χ2v) is 7.42. The zero-order valence-corrected chi connectivity index (χ0v) is 13.5. The number of carboxylic acid groups (broad SMARTS) is 1. The first-order valence-corrected chi connectivity index (χ1v) is 8.84. The number of β-lactam (4-membered cyclic amide) rings is 1. The molecule has 1 fully saturated rings. The highest BCUT2D eigenvalue weighted by Gasteiger charge is 2.56. The minimum absolute atomic E-state index is 0.0316. The number of hydrogen-bond acceptors (Lipinski definition) is 6. The lowest BCUT2D eigenvalue weighted by atomic mass is 10.0. The Bertz CT molecular complexity index is 960. The Morgan fingerprint density at radius 1 is 1.36 bits per heavy atom. The average Bonchev–Trinajstić information content (AvgIpc) is 2.57. The van der Waals surface area contributed by atoms with Crippen molar-refractivity contribution in [3.63, 3.8) is 0 Å². The number of carbonyl (C=O) groups is 3. The summed E-state index contributed by atoms with van der Waals surface area (Å²) < 4.78 is 25.1. The van der Waals surface area contributed by atoms with E-state index < -0.39 is 38.5 Å². The quantitative estimate of drug-likeness (QED) is 0.461. The summed E-state index contributed by atoms with van der Waals surface area (Å²) in [5, 5.41) is 8.03. The SMILES string of the molecule is O=C/C=C\C1=C(C(=O)O)N2C(=O)/C(=C/c3ccccn3)[C@H]2S(=O)(=O)C1. The molecular formula is C16H12N2O6S. The molecule has 1 aromatic heterocycles. The van der Waals surface area contributed by atoms with Crippen LogP contribution in [0, 0.1) is 0 Å². The molecule has 8 nitrogen and oxygen atoms in total. The minimum Gasteiger partial charge on any atom is -0.477 e. The normalized spacial score (nSPS) is 23.5. The predicted molar refractivity (Wildman–Crippen MR) is 86.5 cm³/mol. The van der Waals surface area contributed by atoms with Crippen LogP contribution in [-0.4, -0.2) is 52.7 Å². The number of nitrogens with zero attached hydrogens (tertiary/aromatic N) is 2. The van der Waals surface area contributed by atoms with Gasteiger partial charge in [0.25, 0.3) is 5.91 Å². The number of aromatic nitrogens is 1. The molecule has 1 saturated heterocycles. The first-order valence-electron chi connectivity index (χ1n) is 7.13. The van der Waals surface area contributed by atoms with Crippen molar-refractivity contribution in [2.24, 2.45) is 0 Å². The number of carbonyl (C=O) groups excluding carboxylic acids is 2. The molecule has 1 N–H and O–H groups in total. The van der Waals surface area contributed by atoms with Crippen molar-refractivity contribution >= 4 is 34.1 Å². The molecule has 1 amide bonds. The lowest BCUT2D eigenvalue weighted by molar-refractivity contribution is -0.141. The molecule has 0 bridgehead atoms. The Hall–Kier alpha value is -3.07. The van der Waals surface area contributed by atoms with Crippen LogP contribution in [0.4, 0.5) is 0 Å². The summed E-state index contributed by atoms with van der Waals surface area (Å²) in [5.74, 6) is -2.73. The van der Waals surface area contributed by atoms with Gasteiger partial charge in [-0.05, 0) is 29.9 Å². The van der Waals surface area contributed by atoms with Crippen molar-refractivity contribution in [3.05, 3.63) is 59.1 Å². The van der Waals surface area contributed by atoms with Crippen LogP contribution in [0.3, 0.4) is 0 Å². The Morgan fingerprint density at radius 2 is 2.12 bits per heavy atom. The third-order valence-corrected chi connectivity index (χ3v) is 5.64. The maximum absolute atomic E-state index is 12.5. The number of pyridine rings is 1. The minimum atomic E-state index is -3.85. The van der Waals surface area contributed by atoms with Gasteiger partial charge in [0.15, 0.2) is 15.2 Å². The third-order valence-electron chi connectivity index (χ3n) is 3.78. The Kier molecular flexibility index (Phi) is 4.09. The van der Waals surface area contributed by atoms with Crippen molar-refractivity contribution in [2.45, 2.75) is 5.37 Å². The highest BCUT2D eigenvalue weighted by Crippen LogP contribution is 2.40. The third kappa shape index (κ3) is 2.78. The molecule has 3 rings (SSSR count). The van der Waals surface area contributed by atoms with E-state index >= 15 is 0 Å². The van der Waals surface area contributed by atoms with Crippen LogP contribution in [0.5, 0.6) is 0 Å². The molecule has 0 aliphatic carbocycles. The van der Waals surface area contributed by atoms with Crippen LogP contribution in [0.25, 0.3) is 6.08 Å². The number of sulfone groups is 1. The molecule has 0 spiro atoms. The molecule has 25 heavy (non-hydrogen) atoms. The summed E-state index contributed by atoms with van der Waals surface area (Å²) in [6, 6.07) is 4.95. The number of hydrogen-bond donors (Lipinski definition) is 1. The average molecular weight is 360 g/mol. The Labute approximate surface area is 142 Å². The number of allylic oxidation sites excluding steroid dienone is 2. The zero-order chi connectivity index (χ0) is 18.2. The van der Waals surface area contributed by atoms with Crippen LogP contribution < -0.4 is 0 Å². The number of amides is 1. The number of aliphatic carboxylic acids is 1. The second kappa shape index (κ2) is 6.10. The van der Waals surface area contributed by atoms with E-state index in [0.29, 0.717) is 12.0 Å². The van der Waals surface area contributed by atoms with E-state index in [9.17, 15) is 27.9 Å². The summed E-state index contributed by atoms with van der Waals surface area (Å²) in [6.45, 7) is 0. The van der Waals surface area contributed by atoms with E-state index in [-0.39, 0.29) is 11.1 Å². The van der Waals surface area contributed by atoms with E-state index in [1.165, 1.54) is 12.3 Å². The van der Waals surface area contributed by atoms with Crippen LogP contribution in [0.1, 0.15) is 5.69 Å². The molecule has 0 radical (unpaired) electrons. The van der Waals surface area contributed by atoms with E-state index in [4.69, 9.17) is 0 Å². The summed E-state index contributed by atoms with van der Waals surface area (Å²) >= 11 is 0. The molecule has 0 saturated carbocycles. The Morgan fingerprint density at radius 3 is 2.72 bits per heavy atom. The number of rotatable bonds is 4. The van der Waals surface area contributed by atoms with Gasteiger partial charge in [-0.3, -0.25) is 19.5 Å². The first-order chi connectivity index (χ1) is 11.9. The molecule has 2 aliphatic rings. The van der Waals surface area contributed by atoms with Crippen LogP contribution in [0.2, 0.25) is 0 Å². The van der Waals surface area contributed by atoms with Crippen LogP contribution >= 0.6 is 0 Å². The molecule has 128 valence electrons. The Balaban J connectivity index is 2.11. The number of aldehydes is 1. The van der Waals surface area contributed by atoms with Gasteiger partial charge in [-0.25, -0.2) is 13.2 Å². The topological polar surface area (TPSA) is 122 Å². The standard InChI is InChI=1S/C16H12N2O6S/c19-7-3-4-10-9-25(23,24)15-12(8-11-5-1-2-6-17-11)14(20)18(15)13(10)16(21)22/h1-8,15H,9H2,(H,21,22)/b4-3-,12-8-/t15-/m1/s1. The molecule has 0 aromatic carbocycles. The predicted octanol–water partition coefficient (Wildman–Crippen LogP) is 0.156. The summed E-state index contributed by atoms with van der Waals surface area (Å²) in [6.07, 6.45) is 5.32. The summed E-state index contributed by atoms with van der Waals surface area (Å²) in [7, 11) is -3.85. The number of fused-ring (bicyclic) bond motifs is 1. The van der Waals surface area contributed by atoms with Crippen LogP contribution in [0.15, 0.2) is 53.4 Å². The lowest BCUT2D eigenvalue weighted by Crippen LogP contribution is -2.62. The lowest BCUT2D eigenvalue weighted by Gasteiger charge is -2.45. The first kappa shape index (κ1) is 16.8. The highest BCUT2D eigenvalue weighted by atomic mass is 32.2. The highest BCUT2D eigenvalue weighted by molar-refractivity contribution is 7.92. The maximum atomic E-state index is 12.5. The molecule has 0 unspecified atom stereocenters. The van der Waals surface area contributed by atoms with Gasteiger partial charge < -0.3 is 5.11 Å². The van der Waals surface area contributed by atoms with Gasteiger partial charge >= 0.3 is 5.97 Å². The van der Waals surface area contributed by atoms with E-state index in [0.717, 1.165) is 17.1 Å². The molecular weight excluding hydrogens is 348 g/mol. The smallest absolute Gasteiger partial charge is 0.352 e. The van der Waals surface area contributed by atoms with E-state index in [2.05, 4.69) is 4.98 Å². The maximum Gasteiger partial charge on any atom is 0.352 e. The van der Waals surface area contributed by atoms with Crippen molar-refractivity contribution in [1.82, 2.24) is 9.88 Å². The number of carboxylic acids is 1. The van der Waals surface area contributed by atoms with Gasteiger partial charge in [-0.2, -0.15) is 0 Å². The fourth-order valence-corrected chi connectivity index (χ4v) is 4.69. The molecule has 1 atom stereocenters. The molecule has 9 heteroatoms. The van der Waals surface area contributed by atoms with Gasteiger partial charge in [-0.1, -0.05) is 12.1 Å². The monoisotopic (exact) mass is 360 g/mol. The molecule has 2 aliphatic heterocycles. The van der Waals surface area contributed by atoms with Gasteiger partial charge in [0, 0.05) is 6.20 Å².